The number of H-pyrrole nitrogens is 1. The van der Waals surface area contributed by atoms with E-state index in [0.717, 1.165) is 31.3 Å². The highest BCUT2D eigenvalue weighted by molar-refractivity contribution is 6.18. The summed E-state index contributed by atoms with van der Waals surface area (Å²) in [5, 5.41) is 13.5. The van der Waals surface area contributed by atoms with Crippen LogP contribution in [-0.2, 0) is 9.53 Å². The van der Waals surface area contributed by atoms with Crippen LogP contribution in [0.25, 0.3) is 5.57 Å². The van der Waals surface area contributed by atoms with Gasteiger partial charge in [0.15, 0.2) is 0 Å². The molecule has 0 saturated heterocycles. The zero-order valence-corrected chi connectivity index (χ0v) is 8.99. The Bertz CT molecular complexity index is 457. The van der Waals surface area contributed by atoms with E-state index in [0.29, 0.717) is 11.4 Å². The Kier molecular flexibility index (Phi) is 1.86. The van der Waals surface area contributed by atoms with Crippen molar-refractivity contribution in [3.8, 4) is 0 Å². The van der Waals surface area contributed by atoms with E-state index < -0.39 is 0 Å². The fraction of sp³-hybridized carbons (Fsp3) is 0.600. The molecule has 2 heterocycles. The highest BCUT2D eigenvalue weighted by Gasteiger charge is 2.48. The van der Waals surface area contributed by atoms with Crippen LogP contribution in [0.4, 0.5) is 0 Å². The Morgan fingerprint density at radius 2 is 2.12 bits per heavy atom. The molecule has 3 rings (SSSR count). The third kappa shape index (κ3) is 1.12. The van der Waals surface area contributed by atoms with Crippen LogP contribution in [0.1, 0.15) is 38.4 Å². The number of nitrogens with one attached hydrogen (secondary N) is 1. The monoisotopic (exact) mass is 220 g/mol. The van der Waals surface area contributed by atoms with E-state index in [4.69, 9.17) is 4.74 Å². The number of carbonyl (C=O) groups excluding carboxylic acids is 1. The molecule has 1 saturated carbocycles. The van der Waals surface area contributed by atoms with Crippen LogP contribution in [-0.4, -0.2) is 32.2 Å². The molecule has 0 amide bonds. The Morgan fingerprint density at radius 3 is 2.75 bits per heavy atom. The Hall–Kier alpha value is -1.72. The van der Waals surface area contributed by atoms with E-state index in [9.17, 15) is 4.79 Å². The molecule has 1 spiro atoms. The lowest BCUT2D eigenvalue weighted by Crippen LogP contribution is -2.26. The fourth-order valence-corrected chi connectivity index (χ4v) is 2.64. The van der Waals surface area contributed by atoms with Gasteiger partial charge in [-0.05, 0) is 43.4 Å². The molecule has 0 aromatic carbocycles. The van der Waals surface area contributed by atoms with E-state index in [2.05, 4.69) is 20.6 Å². The summed E-state index contributed by atoms with van der Waals surface area (Å²) in [7, 11) is 0. The topological polar surface area (TPSA) is 80.8 Å². The lowest BCUT2D eigenvalue weighted by Gasteiger charge is -2.23. The second kappa shape index (κ2) is 3.13. The summed E-state index contributed by atoms with van der Waals surface area (Å²) in [6, 6.07) is 0. The Labute approximate surface area is 92.1 Å². The van der Waals surface area contributed by atoms with E-state index in [1.807, 2.05) is 6.92 Å². The third-order valence-corrected chi connectivity index (χ3v) is 3.53. The van der Waals surface area contributed by atoms with Crippen LogP contribution >= 0.6 is 0 Å². The van der Waals surface area contributed by atoms with Gasteiger partial charge in [-0.3, -0.25) is 0 Å². The molecule has 1 aliphatic carbocycles. The number of hydrogen-bond acceptors (Lipinski definition) is 5. The quantitative estimate of drug-likeness (QED) is 0.709. The second-order valence-corrected chi connectivity index (χ2v) is 4.33. The molecule has 6 heteroatoms. The van der Waals surface area contributed by atoms with Crippen molar-refractivity contribution in [3.63, 3.8) is 0 Å². The molecule has 0 bridgehead atoms. The van der Waals surface area contributed by atoms with Crippen molar-refractivity contribution in [1.29, 1.82) is 0 Å². The molecule has 1 aromatic heterocycles. The van der Waals surface area contributed by atoms with Gasteiger partial charge in [-0.2, -0.15) is 5.21 Å². The predicted molar refractivity (Wildman–Crippen MR) is 54.1 cm³/mol. The largest absolute Gasteiger partial charge is 0.451 e. The molecule has 0 unspecified atom stereocenters. The molecule has 84 valence electrons. The summed E-state index contributed by atoms with van der Waals surface area (Å²) >= 11 is 0. The molecule has 6 nitrogen and oxygen atoms in total. The maximum Gasteiger partial charge on any atom is 0.343 e. The molecule has 1 aromatic rings. The number of esters is 1. The van der Waals surface area contributed by atoms with E-state index in [1.54, 1.807) is 0 Å². The van der Waals surface area contributed by atoms with Gasteiger partial charge in [-0.1, -0.05) is 0 Å². The number of hydrogen-bond donors (Lipinski definition) is 1. The number of ether oxygens (including phenoxy) is 1. The maximum absolute atomic E-state index is 11.8. The average molecular weight is 220 g/mol. The number of tetrazole rings is 1. The summed E-state index contributed by atoms with van der Waals surface area (Å²) in [6.45, 7) is 1.93. The summed E-state index contributed by atoms with van der Waals surface area (Å²) in [5.74, 6) is 0.0204. The molecule has 1 fully saturated rings. The summed E-state index contributed by atoms with van der Waals surface area (Å²) in [5.41, 5.74) is 1.06. The van der Waals surface area contributed by atoms with Crippen molar-refractivity contribution >= 4 is 11.5 Å². The van der Waals surface area contributed by atoms with E-state index in [1.165, 1.54) is 0 Å². The molecule has 0 atom stereocenters. The first-order valence-electron chi connectivity index (χ1n) is 5.41. The number of aromatic nitrogens is 4. The molecular weight excluding hydrogens is 208 g/mol. The van der Waals surface area contributed by atoms with Gasteiger partial charge < -0.3 is 4.74 Å². The van der Waals surface area contributed by atoms with Gasteiger partial charge in [-0.25, -0.2) is 4.79 Å². The van der Waals surface area contributed by atoms with Gasteiger partial charge in [-0.15, -0.1) is 10.2 Å². The number of aromatic amines is 1. The van der Waals surface area contributed by atoms with Gasteiger partial charge in [0.25, 0.3) is 0 Å². The smallest absolute Gasteiger partial charge is 0.343 e. The number of rotatable bonds is 1. The first-order chi connectivity index (χ1) is 7.73. The zero-order valence-electron chi connectivity index (χ0n) is 8.99. The molecule has 2 aliphatic rings. The number of nitrogens with zero attached hydrogens (tertiary/aromatic N) is 3. The van der Waals surface area contributed by atoms with Crippen molar-refractivity contribution in [2.45, 2.75) is 38.2 Å². The molecule has 1 N–H and O–H groups in total. The lowest BCUT2D eigenvalue weighted by atomic mass is 9.91. The highest BCUT2D eigenvalue weighted by Crippen LogP contribution is 2.46. The lowest BCUT2D eigenvalue weighted by molar-refractivity contribution is -0.144. The molecule has 16 heavy (non-hydrogen) atoms. The minimum Gasteiger partial charge on any atom is -0.451 e. The fourth-order valence-electron chi connectivity index (χ4n) is 2.64. The van der Waals surface area contributed by atoms with Crippen molar-refractivity contribution in [3.05, 3.63) is 11.4 Å². The van der Waals surface area contributed by atoms with Crippen LogP contribution in [0.5, 0.6) is 0 Å². The first kappa shape index (κ1) is 9.50. The Balaban J connectivity index is 2.09. The van der Waals surface area contributed by atoms with Crippen molar-refractivity contribution in [1.82, 2.24) is 20.6 Å². The first-order valence-corrected chi connectivity index (χ1v) is 5.41. The molecular formula is C10H12N4O2. The van der Waals surface area contributed by atoms with Crippen LogP contribution in [0.2, 0.25) is 0 Å². The van der Waals surface area contributed by atoms with Gasteiger partial charge >= 0.3 is 5.97 Å². The second-order valence-electron chi connectivity index (χ2n) is 4.33. The van der Waals surface area contributed by atoms with Gasteiger partial charge in [0.05, 0.1) is 0 Å². The Morgan fingerprint density at radius 1 is 1.38 bits per heavy atom. The van der Waals surface area contributed by atoms with Crippen LogP contribution < -0.4 is 0 Å². The minimum absolute atomic E-state index is 0.319. The summed E-state index contributed by atoms with van der Waals surface area (Å²) in [6.07, 6.45) is 4.02. The molecule has 1 aliphatic heterocycles. The van der Waals surface area contributed by atoms with E-state index in [-0.39, 0.29) is 11.6 Å². The van der Waals surface area contributed by atoms with Gasteiger partial charge in [0.2, 0.25) is 5.82 Å². The summed E-state index contributed by atoms with van der Waals surface area (Å²) in [4.78, 5) is 11.8. The van der Waals surface area contributed by atoms with Gasteiger partial charge in [0.1, 0.15) is 11.2 Å². The highest BCUT2D eigenvalue weighted by atomic mass is 16.6. The minimum atomic E-state index is -0.382. The van der Waals surface area contributed by atoms with Crippen LogP contribution in [0, 0.1) is 0 Å². The number of carbonyl (C=O) groups is 1. The zero-order chi connectivity index (χ0) is 11.2. The maximum atomic E-state index is 11.8. The van der Waals surface area contributed by atoms with E-state index >= 15 is 0 Å². The predicted octanol–water partition coefficient (Wildman–Crippen LogP) is 0.843. The van der Waals surface area contributed by atoms with Crippen LogP contribution in [0.3, 0.4) is 0 Å². The average Bonchev–Trinajstić information content (AvgIpc) is 2.92. The standard InChI is InChI=1S/C10H12N4O2/c1-6-7(8-11-13-14-12-8)9(15)16-10(6)4-2-3-5-10/h2-5H2,1H3,(H,11,12,13,14). The normalized spacial score (nSPS) is 23.2. The van der Waals surface area contributed by atoms with Crippen molar-refractivity contribution < 1.29 is 9.53 Å². The van der Waals surface area contributed by atoms with Crippen LogP contribution in [0.15, 0.2) is 5.57 Å². The van der Waals surface area contributed by atoms with Gasteiger partial charge in [0, 0.05) is 0 Å². The molecule has 0 radical (unpaired) electrons. The third-order valence-electron chi connectivity index (χ3n) is 3.53. The van der Waals surface area contributed by atoms with Crippen molar-refractivity contribution in [2.75, 3.05) is 0 Å². The summed E-state index contributed by atoms with van der Waals surface area (Å²) < 4.78 is 5.52. The SMILES string of the molecule is CC1=C(c2nn[nH]n2)C(=O)OC12CCCC2. The van der Waals surface area contributed by atoms with Crippen molar-refractivity contribution in [2.24, 2.45) is 0 Å².